The van der Waals surface area contributed by atoms with Crippen molar-refractivity contribution in [3.63, 3.8) is 0 Å². The molecule has 5 nitrogen and oxygen atoms in total. The number of oxime groups is 1. The summed E-state index contributed by atoms with van der Waals surface area (Å²) in [4.78, 5) is 9.07. The Morgan fingerprint density at radius 3 is 2.62 bits per heavy atom. The SMILES string of the molecule is C/C=C/COc1cc(C)c(OCc2nc(/C=N/OC)cs2)c(C)c1. The van der Waals surface area contributed by atoms with Crippen molar-refractivity contribution in [1.82, 2.24) is 4.98 Å². The van der Waals surface area contributed by atoms with Gasteiger partial charge < -0.3 is 14.3 Å². The topological polar surface area (TPSA) is 52.9 Å². The van der Waals surface area contributed by atoms with Gasteiger partial charge in [-0.3, -0.25) is 0 Å². The number of thiazole rings is 1. The number of hydrogen-bond acceptors (Lipinski definition) is 6. The van der Waals surface area contributed by atoms with Gasteiger partial charge in [-0.2, -0.15) is 0 Å². The first kappa shape index (κ1) is 18.0. The standard InChI is InChI=1S/C18H22N2O3S/c1-5-6-7-22-16-8-13(2)18(14(3)9-16)23-11-17-20-15(12-24-17)10-19-21-4/h5-6,8-10,12H,7,11H2,1-4H3/b6-5+,19-10+. The number of nitrogens with zero attached hydrogens (tertiary/aromatic N) is 2. The lowest BCUT2D eigenvalue weighted by molar-refractivity contribution is 0.215. The number of hydrogen-bond donors (Lipinski definition) is 0. The lowest BCUT2D eigenvalue weighted by Crippen LogP contribution is -2.01. The van der Waals surface area contributed by atoms with Crippen LogP contribution in [0.5, 0.6) is 11.5 Å². The van der Waals surface area contributed by atoms with Gasteiger partial charge in [-0.25, -0.2) is 4.98 Å². The lowest BCUT2D eigenvalue weighted by Gasteiger charge is -2.13. The molecule has 2 rings (SSSR count). The highest BCUT2D eigenvalue weighted by Crippen LogP contribution is 2.29. The zero-order chi connectivity index (χ0) is 17.4. The Morgan fingerprint density at radius 2 is 1.96 bits per heavy atom. The van der Waals surface area contributed by atoms with Crippen LogP contribution in [0.3, 0.4) is 0 Å². The molecule has 6 heteroatoms. The second-order valence-corrected chi connectivity index (χ2v) is 6.08. The summed E-state index contributed by atoms with van der Waals surface area (Å²) in [5.41, 5.74) is 2.85. The zero-order valence-electron chi connectivity index (χ0n) is 14.4. The number of ether oxygens (including phenoxy) is 2. The zero-order valence-corrected chi connectivity index (χ0v) is 15.2. The van der Waals surface area contributed by atoms with Crippen molar-refractivity contribution in [3.05, 3.63) is 51.5 Å². The third kappa shape index (κ3) is 5.09. The van der Waals surface area contributed by atoms with Gasteiger partial charge in [0.15, 0.2) is 0 Å². The van der Waals surface area contributed by atoms with E-state index >= 15 is 0 Å². The highest BCUT2D eigenvalue weighted by Gasteiger charge is 2.09. The van der Waals surface area contributed by atoms with Gasteiger partial charge in [0, 0.05) is 5.38 Å². The average Bonchev–Trinajstić information content (AvgIpc) is 3.00. The largest absolute Gasteiger partial charge is 0.490 e. The first-order valence-electron chi connectivity index (χ1n) is 7.63. The number of allylic oxidation sites excluding steroid dienone is 1. The van der Waals surface area contributed by atoms with Crippen LogP contribution >= 0.6 is 11.3 Å². The van der Waals surface area contributed by atoms with Gasteiger partial charge in [-0.05, 0) is 44.0 Å². The Hall–Kier alpha value is -2.34. The Balaban J connectivity index is 2.01. The molecule has 0 saturated heterocycles. The Kier molecular flexibility index (Phi) is 6.81. The highest BCUT2D eigenvalue weighted by atomic mass is 32.1. The van der Waals surface area contributed by atoms with Crippen molar-refractivity contribution in [1.29, 1.82) is 0 Å². The first-order chi connectivity index (χ1) is 11.6. The molecule has 0 unspecified atom stereocenters. The molecule has 0 aliphatic carbocycles. The third-order valence-corrected chi connectivity index (χ3v) is 4.06. The fourth-order valence-corrected chi connectivity index (χ4v) is 2.81. The van der Waals surface area contributed by atoms with Crippen molar-refractivity contribution in [2.45, 2.75) is 27.4 Å². The van der Waals surface area contributed by atoms with Crippen LogP contribution in [-0.4, -0.2) is 24.9 Å². The summed E-state index contributed by atoms with van der Waals surface area (Å²) in [7, 11) is 1.50. The molecule has 0 N–H and O–H groups in total. The van der Waals surface area contributed by atoms with E-state index in [1.807, 2.05) is 50.4 Å². The molecule has 0 amide bonds. The van der Waals surface area contributed by atoms with E-state index < -0.39 is 0 Å². The normalized spacial score (nSPS) is 11.3. The van der Waals surface area contributed by atoms with E-state index in [-0.39, 0.29) is 0 Å². The molecule has 0 aliphatic heterocycles. The summed E-state index contributed by atoms with van der Waals surface area (Å²) >= 11 is 1.53. The summed E-state index contributed by atoms with van der Waals surface area (Å²) < 4.78 is 11.6. The van der Waals surface area contributed by atoms with Crippen LogP contribution in [0, 0.1) is 13.8 Å². The average molecular weight is 346 g/mol. The molecule has 24 heavy (non-hydrogen) atoms. The number of benzene rings is 1. The van der Waals surface area contributed by atoms with Crippen LogP contribution in [0.25, 0.3) is 0 Å². The predicted octanol–water partition coefficient (Wildman–Crippen LogP) is 4.27. The van der Waals surface area contributed by atoms with Crippen molar-refractivity contribution in [2.24, 2.45) is 5.16 Å². The van der Waals surface area contributed by atoms with Gasteiger partial charge in [0.2, 0.25) is 0 Å². The summed E-state index contributed by atoms with van der Waals surface area (Å²) in [5, 5.41) is 6.51. The second kappa shape index (κ2) is 9.08. The van der Waals surface area contributed by atoms with Gasteiger partial charge in [0.05, 0.1) is 11.9 Å². The van der Waals surface area contributed by atoms with Crippen molar-refractivity contribution < 1.29 is 14.3 Å². The van der Waals surface area contributed by atoms with Gasteiger partial charge in [0.1, 0.15) is 36.8 Å². The van der Waals surface area contributed by atoms with E-state index in [0.29, 0.717) is 13.2 Å². The summed E-state index contributed by atoms with van der Waals surface area (Å²) in [6.45, 7) is 7.00. The summed E-state index contributed by atoms with van der Waals surface area (Å²) in [6, 6.07) is 3.98. The van der Waals surface area contributed by atoms with Crippen LogP contribution in [-0.2, 0) is 11.4 Å². The van der Waals surface area contributed by atoms with Gasteiger partial charge in [0.25, 0.3) is 0 Å². The second-order valence-electron chi connectivity index (χ2n) is 5.14. The quantitative estimate of drug-likeness (QED) is 0.407. The molecule has 2 aromatic rings. The van der Waals surface area contributed by atoms with E-state index in [1.165, 1.54) is 18.4 Å². The smallest absolute Gasteiger partial charge is 0.140 e. The molecule has 0 aliphatic rings. The summed E-state index contributed by atoms with van der Waals surface area (Å²) in [5.74, 6) is 1.72. The maximum atomic E-state index is 5.95. The molecular weight excluding hydrogens is 324 g/mol. The fourth-order valence-electron chi connectivity index (χ4n) is 2.15. The monoisotopic (exact) mass is 346 g/mol. The van der Waals surface area contributed by atoms with Gasteiger partial charge >= 0.3 is 0 Å². The van der Waals surface area contributed by atoms with E-state index in [1.54, 1.807) is 6.21 Å². The molecule has 0 fully saturated rings. The van der Waals surface area contributed by atoms with Crippen LogP contribution in [0.4, 0.5) is 0 Å². The number of aryl methyl sites for hydroxylation is 2. The maximum Gasteiger partial charge on any atom is 0.140 e. The molecule has 1 aromatic heterocycles. The van der Waals surface area contributed by atoms with Crippen molar-refractivity contribution in [2.75, 3.05) is 13.7 Å². The Morgan fingerprint density at radius 1 is 1.21 bits per heavy atom. The lowest BCUT2D eigenvalue weighted by atomic mass is 10.1. The van der Waals surface area contributed by atoms with Crippen LogP contribution in [0.2, 0.25) is 0 Å². The molecule has 0 radical (unpaired) electrons. The molecule has 0 atom stereocenters. The minimum absolute atomic E-state index is 0.423. The number of aromatic nitrogens is 1. The molecule has 0 spiro atoms. The molecule has 1 heterocycles. The minimum atomic E-state index is 0.423. The molecule has 0 bridgehead atoms. The first-order valence-corrected chi connectivity index (χ1v) is 8.51. The Bertz CT molecular complexity index is 700. The van der Waals surface area contributed by atoms with Crippen molar-refractivity contribution >= 4 is 17.6 Å². The fraction of sp³-hybridized carbons (Fsp3) is 0.333. The molecular formula is C18H22N2O3S. The van der Waals surface area contributed by atoms with Crippen LogP contribution in [0.1, 0.15) is 28.8 Å². The highest BCUT2D eigenvalue weighted by molar-refractivity contribution is 7.09. The van der Waals surface area contributed by atoms with E-state index in [0.717, 1.165) is 33.3 Å². The maximum absolute atomic E-state index is 5.95. The van der Waals surface area contributed by atoms with Crippen LogP contribution < -0.4 is 9.47 Å². The Labute approximate surface area is 146 Å². The van der Waals surface area contributed by atoms with E-state index in [9.17, 15) is 0 Å². The van der Waals surface area contributed by atoms with Crippen LogP contribution in [0.15, 0.2) is 34.8 Å². The summed E-state index contributed by atoms with van der Waals surface area (Å²) in [6.07, 6.45) is 5.52. The third-order valence-electron chi connectivity index (χ3n) is 3.22. The van der Waals surface area contributed by atoms with Gasteiger partial charge in [-0.1, -0.05) is 17.3 Å². The molecule has 0 saturated carbocycles. The predicted molar refractivity (Wildman–Crippen MR) is 97.3 cm³/mol. The van der Waals surface area contributed by atoms with Crippen molar-refractivity contribution in [3.8, 4) is 11.5 Å². The van der Waals surface area contributed by atoms with E-state index in [2.05, 4.69) is 15.0 Å². The minimum Gasteiger partial charge on any atom is -0.490 e. The molecule has 1 aromatic carbocycles. The van der Waals surface area contributed by atoms with E-state index in [4.69, 9.17) is 9.47 Å². The molecule has 128 valence electrons. The number of rotatable bonds is 8. The van der Waals surface area contributed by atoms with Gasteiger partial charge in [-0.15, -0.1) is 11.3 Å².